The molecule has 2 aromatic rings. The average Bonchev–Trinajstić information content (AvgIpc) is 2.39. The molecule has 108 valence electrons. The molecule has 0 saturated heterocycles. The van der Waals surface area contributed by atoms with Crippen molar-refractivity contribution in [1.29, 1.82) is 0 Å². The maximum absolute atomic E-state index is 13.1. The summed E-state index contributed by atoms with van der Waals surface area (Å²) >= 11 is 1.93. The second kappa shape index (κ2) is 6.17. The van der Waals surface area contributed by atoms with Gasteiger partial charge in [0, 0.05) is 15.2 Å². The quantitative estimate of drug-likeness (QED) is 0.771. The maximum Gasteiger partial charge on any atom is 0.337 e. The number of hydrogen-bond donors (Lipinski definition) is 2. The molecule has 0 radical (unpaired) electrons. The molecule has 21 heavy (non-hydrogen) atoms. The Labute approximate surface area is 131 Å². The van der Waals surface area contributed by atoms with Gasteiger partial charge in [0.15, 0.2) is 0 Å². The number of halogens is 3. The van der Waals surface area contributed by atoms with E-state index >= 15 is 0 Å². The molecular weight excluding hydrogens is 395 g/mol. The van der Waals surface area contributed by atoms with Crippen molar-refractivity contribution in [3.05, 3.63) is 62.7 Å². The molecular formula is C14H8F2INO3. The first-order chi connectivity index (χ1) is 9.86. The molecule has 0 unspecified atom stereocenters. The summed E-state index contributed by atoms with van der Waals surface area (Å²) in [6, 6.07) is 6.78. The summed E-state index contributed by atoms with van der Waals surface area (Å²) in [6.07, 6.45) is 0. The fourth-order valence-electron chi connectivity index (χ4n) is 1.68. The van der Waals surface area contributed by atoms with Crippen molar-refractivity contribution in [2.45, 2.75) is 0 Å². The molecule has 1 amide bonds. The Hall–Kier alpha value is -2.03. The third-order valence-electron chi connectivity index (χ3n) is 2.58. The van der Waals surface area contributed by atoms with E-state index in [2.05, 4.69) is 5.32 Å². The first kappa shape index (κ1) is 15.4. The van der Waals surface area contributed by atoms with Crippen LogP contribution in [0.2, 0.25) is 0 Å². The van der Waals surface area contributed by atoms with Crippen LogP contribution in [0, 0.1) is 15.2 Å². The van der Waals surface area contributed by atoms with Crippen LogP contribution in [0.1, 0.15) is 20.7 Å². The van der Waals surface area contributed by atoms with Crippen molar-refractivity contribution in [1.82, 2.24) is 0 Å². The molecule has 0 aliphatic carbocycles. The van der Waals surface area contributed by atoms with E-state index in [1.165, 1.54) is 12.1 Å². The molecule has 7 heteroatoms. The number of anilines is 1. The number of benzene rings is 2. The zero-order valence-electron chi connectivity index (χ0n) is 10.4. The molecule has 0 bridgehead atoms. The molecule has 0 spiro atoms. The van der Waals surface area contributed by atoms with Crippen molar-refractivity contribution in [3.63, 3.8) is 0 Å². The van der Waals surface area contributed by atoms with Gasteiger partial charge in [0.05, 0.1) is 11.3 Å². The predicted octanol–water partition coefficient (Wildman–Crippen LogP) is 3.52. The number of rotatable bonds is 3. The highest BCUT2D eigenvalue weighted by molar-refractivity contribution is 14.1. The van der Waals surface area contributed by atoms with Gasteiger partial charge in [0.2, 0.25) is 0 Å². The van der Waals surface area contributed by atoms with Crippen LogP contribution >= 0.6 is 22.6 Å². The lowest BCUT2D eigenvalue weighted by Crippen LogP contribution is -2.15. The summed E-state index contributed by atoms with van der Waals surface area (Å²) in [5, 5.41) is 11.4. The van der Waals surface area contributed by atoms with Crippen LogP contribution in [0.25, 0.3) is 0 Å². The molecule has 0 heterocycles. The first-order valence-electron chi connectivity index (χ1n) is 5.67. The molecule has 2 rings (SSSR count). The molecule has 0 fully saturated rings. The lowest BCUT2D eigenvalue weighted by atomic mass is 10.1. The van der Waals surface area contributed by atoms with Crippen LogP contribution in [0.5, 0.6) is 0 Å². The molecule has 2 aromatic carbocycles. The van der Waals surface area contributed by atoms with Crippen molar-refractivity contribution in [2.75, 3.05) is 5.32 Å². The number of hydrogen-bond acceptors (Lipinski definition) is 2. The number of carbonyl (C=O) groups excluding carboxylic acids is 1. The van der Waals surface area contributed by atoms with Gasteiger partial charge < -0.3 is 10.4 Å². The lowest BCUT2D eigenvalue weighted by Gasteiger charge is -2.09. The first-order valence-corrected chi connectivity index (χ1v) is 6.75. The third kappa shape index (κ3) is 3.75. The van der Waals surface area contributed by atoms with Crippen LogP contribution in [0.3, 0.4) is 0 Å². The summed E-state index contributed by atoms with van der Waals surface area (Å²) in [5.74, 6) is -3.78. The van der Waals surface area contributed by atoms with Gasteiger partial charge in [0.1, 0.15) is 11.6 Å². The molecule has 0 aliphatic rings. The smallest absolute Gasteiger partial charge is 0.337 e. The van der Waals surface area contributed by atoms with E-state index in [9.17, 15) is 18.4 Å². The Morgan fingerprint density at radius 1 is 1.05 bits per heavy atom. The largest absolute Gasteiger partial charge is 0.478 e. The third-order valence-corrected chi connectivity index (χ3v) is 3.26. The van der Waals surface area contributed by atoms with Gasteiger partial charge in [0.25, 0.3) is 5.91 Å². The van der Waals surface area contributed by atoms with Gasteiger partial charge in [-0.15, -0.1) is 0 Å². The van der Waals surface area contributed by atoms with E-state index in [4.69, 9.17) is 5.11 Å². The van der Waals surface area contributed by atoms with Crippen molar-refractivity contribution < 1.29 is 23.5 Å². The van der Waals surface area contributed by atoms with E-state index in [0.717, 1.165) is 12.1 Å². The van der Waals surface area contributed by atoms with E-state index in [1.54, 1.807) is 6.07 Å². The fourth-order valence-corrected chi connectivity index (χ4v) is 2.17. The molecule has 0 atom stereocenters. The molecule has 4 nitrogen and oxygen atoms in total. The number of carboxylic acid groups (broad SMARTS) is 1. The standard InChI is InChI=1S/C14H8F2INO3/c15-8-3-7(4-9(16)5-8)13(19)18-12-2-1-10(17)6-11(12)14(20)21/h1-6H,(H,18,19)(H,20,21). The minimum absolute atomic E-state index is 0.0533. The Balaban J connectivity index is 2.33. The van der Waals surface area contributed by atoms with Crippen LogP contribution in [-0.4, -0.2) is 17.0 Å². The SMILES string of the molecule is O=C(Nc1ccc(I)cc1C(=O)O)c1cc(F)cc(F)c1. The van der Waals surface area contributed by atoms with Gasteiger partial charge >= 0.3 is 5.97 Å². The summed E-state index contributed by atoms with van der Waals surface area (Å²) in [6.45, 7) is 0. The number of aromatic carboxylic acids is 1. The highest BCUT2D eigenvalue weighted by Crippen LogP contribution is 2.20. The number of carboxylic acids is 1. The molecule has 0 aliphatic heterocycles. The highest BCUT2D eigenvalue weighted by Gasteiger charge is 2.15. The highest BCUT2D eigenvalue weighted by atomic mass is 127. The molecule has 0 saturated carbocycles. The van der Waals surface area contributed by atoms with E-state index < -0.39 is 23.5 Å². The fraction of sp³-hybridized carbons (Fsp3) is 0. The van der Waals surface area contributed by atoms with Gasteiger partial charge in [-0.1, -0.05) is 0 Å². The van der Waals surface area contributed by atoms with E-state index in [0.29, 0.717) is 9.64 Å². The Morgan fingerprint density at radius 2 is 1.67 bits per heavy atom. The molecule has 0 aromatic heterocycles. The van der Waals surface area contributed by atoms with Crippen LogP contribution < -0.4 is 5.32 Å². The summed E-state index contributed by atoms with van der Waals surface area (Å²) in [5.41, 5.74) is -0.285. The summed E-state index contributed by atoms with van der Waals surface area (Å²) in [7, 11) is 0. The number of carbonyl (C=O) groups is 2. The van der Waals surface area contributed by atoms with Crippen molar-refractivity contribution >= 4 is 40.2 Å². The van der Waals surface area contributed by atoms with E-state index in [1.807, 2.05) is 22.6 Å². The van der Waals surface area contributed by atoms with Crippen LogP contribution in [0.15, 0.2) is 36.4 Å². The van der Waals surface area contributed by atoms with Crippen LogP contribution in [-0.2, 0) is 0 Å². The summed E-state index contributed by atoms with van der Waals surface area (Å²) < 4.78 is 26.8. The maximum atomic E-state index is 13.1. The van der Waals surface area contributed by atoms with Crippen molar-refractivity contribution in [3.8, 4) is 0 Å². The molecule has 2 N–H and O–H groups in total. The Bertz CT molecular complexity index is 714. The topological polar surface area (TPSA) is 66.4 Å². The van der Waals surface area contributed by atoms with Gasteiger partial charge in [-0.25, -0.2) is 13.6 Å². The number of amides is 1. The van der Waals surface area contributed by atoms with Crippen LogP contribution in [0.4, 0.5) is 14.5 Å². The second-order valence-electron chi connectivity index (χ2n) is 4.11. The minimum Gasteiger partial charge on any atom is -0.478 e. The van der Waals surface area contributed by atoms with E-state index in [-0.39, 0.29) is 16.8 Å². The second-order valence-corrected chi connectivity index (χ2v) is 5.35. The zero-order chi connectivity index (χ0) is 15.6. The Kier molecular flexibility index (Phi) is 4.51. The zero-order valence-corrected chi connectivity index (χ0v) is 12.5. The minimum atomic E-state index is -1.21. The Morgan fingerprint density at radius 3 is 2.24 bits per heavy atom. The van der Waals surface area contributed by atoms with Crippen molar-refractivity contribution in [2.24, 2.45) is 0 Å². The van der Waals surface area contributed by atoms with Gasteiger partial charge in [-0.05, 0) is 52.9 Å². The normalized spacial score (nSPS) is 10.2. The number of nitrogens with one attached hydrogen (secondary N) is 1. The predicted molar refractivity (Wildman–Crippen MR) is 80.4 cm³/mol. The van der Waals surface area contributed by atoms with Gasteiger partial charge in [-0.3, -0.25) is 4.79 Å². The lowest BCUT2D eigenvalue weighted by molar-refractivity contribution is 0.0698. The average molecular weight is 403 g/mol. The monoisotopic (exact) mass is 403 g/mol. The van der Waals surface area contributed by atoms with Gasteiger partial charge in [-0.2, -0.15) is 0 Å². The summed E-state index contributed by atoms with van der Waals surface area (Å²) in [4.78, 5) is 23.1.